The van der Waals surface area contributed by atoms with Crippen LogP contribution < -0.4 is 0 Å². The summed E-state index contributed by atoms with van der Waals surface area (Å²) in [5.41, 5.74) is 2.43. The highest BCUT2D eigenvalue weighted by Gasteiger charge is 2.23. The zero-order chi connectivity index (χ0) is 18.0. The third-order valence-corrected chi connectivity index (χ3v) is 5.18. The molecule has 0 aliphatic heterocycles. The number of halogens is 3. The second-order valence-electron chi connectivity index (χ2n) is 6.72. The lowest BCUT2D eigenvalue weighted by molar-refractivity contribution is 0.411. The van der Waals surface area contributed by atoms with Gasteiger partial charge in [-0.3, -0.25) is 0 Å². The Hall–Kier alpha value is -2.28. The predicted molar refractivity (Wildman–Crippen MR) is 90.7 cm³/mol. The fourth-order valence-corrected chi connectivity index (χ4v) is 3.66. The van der Waals surface area contributed by atoms with Crippen LogP contribution >= 0.6 is 0 Å². The summed E-state index contributed by atoms with van der Waals surface area (Å²) in [6, 6.07) is 8.01. The second-order valence-corrected chi connectivity index (χ2v) is 6.72. The van der Waals surface area contributed by atoms with E-state index < -0.39 is 17.5 Å². The van der Waals surface area contributed by atoms with E-state index in [2.05, 4.69) is 0 Å². The fraction of sp³-hybridized carbons (Fsp3) is 0.381. The molecule has 3 rings (SSSR count). The minimum absolute atomic E-state index is 0.0809. The molecule has 0 heterocycles. The maximum absolute atomic E-state index is 14.2. The summed E-state index contributed by atoms with van der Waals surface area (Å²) in [7, 11) is 0. The van der Waals surface area contributed by atoms with Crippen LogP contribution in [-0.4, -0.2) is 0 Å². The van der Waals surface area contributed by atoms with Gasteiger partial charge in [0.25, 0.3) is 0 Å². The van der Waals surface area contributed by atoms with Crippen LogP contribution in [0.4, 0.5) is 13.2 Å². The van der Waals surface area contributed by atoms with Crippen molar-refractivity contribution in [2.45, 2.75) is 45.4 Å². The summed E-state index contributed by atoms with van der Waals surface area (Å²) in [5, 5.41) is 8.91. The smallest absolute Gasteiger partial charge is 0.144 e. The van der Waals surface area contributed by atoms with Crippen LogP contribution in [0, 0.1) is 34.7 Å². The molecule has 0 bridgehead atoms. The normalized spacial score (nSPS) is 16.4. The Bertz CT molecular complexity index is 813. The van der Waals surface area contributed by atoms with E-state index in [1.165, 1.54) is 18.2 Å². The molecule has 0 spiro atoms. The van der Waals surface area contributed by atoms with Crippen LogP contribution in [0.1, 0.15) is 47.6 Å². The van der Waals surface area contributed by atoms with Crippen LogP contribution in [0.15, 0.2) is 24.3 Å². The van der Waals surface area contributed by atoms with Crippen molar-refractivity contribution in [2.75, 3.05) is 0 Å². The van der Waals surface area contributed by atoms with E-state index in [-0.39, 0.29) is 17.0 Å². The maximum atomic E-state index is 14.2. The van der Waals surface area contributed by atoms with E-state index in [1.807, 2.05) is 13.0 Å². The van der Waals surface area contributed by atoms with Crippen molar-refractivity contribution in [3.63, 3.8) is 0 Å². The summed E-state index contributed by atoms with van der Waals surface area (Å²) in [6.45, 7) is 1.87. The topological polar surface area (TPSA) is 23.8 Å². The van der Waals surface area contributed by atoms with Crippen molar-refractivity contribution >= 4 is 0 Å². The number of nitriles is 1. The van der Waals surface area contributed by atoms with Crippen LogP contribution in [-0.2, 0) is 25.7 Å². The molecule has 1 aliphatic carbocycles. The van der Waals surface area contributed by atoms with E-state index in [1.54, 1.807) is 6.07 Å². The summed E-state index contributed by atoms with van der Waals surface area (Å²) in [4.78, 5) is 0. The molecule has 0 fully saturated rings. The van der Waals surface area contributed by atoms with Gasteiger partial charge in [-0.05, 0) is 79.3 Å². The molecule has 1 unspecified atom stereocenters. The van der Waals surface area contributed by atoms with Crippen molar-refractivity contribution in [1.29, 1.82) is 5.26 Å². The molecule has 2 aromatic carbocycles. The summed E-state index contributed by atoms with van der Waals surface area (Å²) < 4.78 is 42.4. The Morgan fingerprint density at radius 2 is 1.88 bits per heavy atom. The molecule has 2 aromatic rings. The Balaban J connectivity index is 1.71. The first kappa shape index (κ1) is 17.5. The van der Waals surface area contributed by atoms with Gasteiger partial charge in [0.1, 0.15) is 23.5 Å². The lowest BCUT2D eigenvalue weighted by atomic mass is 9.80. The minimum Gasteiger partial charge on any atom is -0.207 e. The molecule has 4 heteroatoms. The molecule has 130 valence electrons. The van der Waals surface area contributed by atoms with Crippen LogP contribution in [0.25, 0.3) is 0 Å². The quantitative estimate of drug-likeness (QED) is 0.741. The van der Waals surface area contributed by atoms with E-state index >= 15 is 0 Å². The lowest BCUT2D eigenvalue weighted by Gasteiger charge is -2.25. The van der Waals surface area contributed by atoms with Gasteiger partial charge in [0.2, 0.25) is 0 Å². The standard InChI is InChI=1S/C21H20F3N/c1-2-13-10-19(22)18(20(23)11-13)8-4-14-3-7-17-15(9-14)5-6-16(12-25)21(17)24/h5-6,10-11,14H,2-4,7-9H2,1H3. The van der Waals surface area contributed by atoms with Crippen LogP contribution in [0.3, 0.4) is 0 Å². The summed E-state index contributed by atoms with van der Waals surface area (Å²) in [6.07, 6.45) is 3.65. The second kappa shape index (κ2) is 7.31. The lowest BCUT2D eigenvalue weighted by Crippen LogP contribution is -2.17. The van der Waals surface area contributed by atoms with Gasteiger partial charge in [-0.1, -0.05) is 13.0 Å². The van der Waals surface area contributed by atoms with Gasteiger partial charge in [0.15, 0.2) is 0 Å². The average molecular weight is 343 g/mol. The molecule has 0 radical (unpaired) electrons. The number of nitrogens with zero attached hydrogens (tertiary/aromatic N) is 1. The van der Waals surface area contributed by atoms with E-state index in [4.69, 9.17) is 5.26 Å². The van der Waals surface area contributed by atoms with Crippen LogP contribution in [0.5, 0.6) is 0 Å². The van der Waals surface area contributed by atoms with E-state index in [0.29, 0.717) is 43.2 Å². The third-order valence-electron chi connectivity index (χ3n) is 5.18. The number of benzene rings is 2. The summed E-state index contributed by atoms with van der Waals surface area (Å²) >= 11 is 0. The predicted octanol–water partition coefficient (Wildman–Crippen LogP) is 5.28. The van der Waals surface area contributed by atoms with Gasteiger partial charge in [-0.15, -0.1) is 0 Å². The van der Waals surface area contributed by atoms with Crippen molar-refractivity contribution in [3.05, 3.63) is 69.5 Å². The number of fused-ring (bicyclic) bond motifs is 1. The molecule has 25 heavy (non-hydrogen) atoms. The Morgan fingerprint density at radius 3 is 2.52 bits per heavy atom. The zero-order valence-electron chi connectivity index (χ0n) is 14.2. The highest BCUT2D eigenvalue weighted by Crippen LogP contribution is 2.32. The monoisotopic (exact) mass is 343 g/mol. The molecule has 1 nitrogen and oxygen atoms in total. The maximum Gasteiger partial charge on any atom is 0.144 e. The highest BCUT2D eigenvalue weighted by atomic mass is 19.1. The third kappa shape index (κ3) is 3.56. The van der Waals surface area contributed by atoms with Gasteiger partial charge in [-0.2, -0.15) is 5.26 Å². The highest BCUT2D eigenvalue weighted by molar-refractivity contribution is 5.41. The molecule has 0 saturated heterocycles. The largest absolute Gasteiger partial charge is 0.207 e. The number of rotatable bonds is 4. The van der Waals surface area contributed by atoms with Crippen molar-refractivity contribution in [1.82, 2.24) is 0 Å². The van der Waals surface area contributed by atoms with Gasteiger partial charge in [0.05, 0.1) is 5.56 Å². The Morgan fingerprint density at radius 1 is 1.16 bits per heavy atom. The molecule has 1 aliphatic rings. The van der Waals surface area contributed by atoms with Crippen molar-refractivity contribution < 1.29 is 13.2 Å². The van der Waals surface area contributed by atoms with Gasteiger partial charge in [-0.25, -0.2) is 13.2 Å². The van der Waals surface area contributed by atoms with Crippen LogP contribution in [0.2, 0.25) is 0 Å². The Kier molecular flexibility index (Phi) is 5.13. The molecule has 1 atom stereocenters. The molecule has 0 N–H and O–H groups in total. The molecule has 0 saturated carbocycles. The van der Waals surface area contributed by atoms with Crippen molar-refractivity contribution in [2.24, 2.45) is 5.92 Å². The molecular weight excluding hydrogens is 323 g/mol. The zero-order valence-corrected chi connectivity index (χ0v) is 14.2. The SMILES string of the molecule is CCc1cc(F)c(CCC2CCc3c(ccc(C#N)c3F)C2)c(F)c1. The minimum atomic E-state index is -0.474. The van der Waals surface area contributed by atoms with E-state index in [9.17, 15) is 13.2 Å². The molecule has 0 aromatic heterocycles. The first-order valence-corrected chi connectivity index (χ1v) is 8.70. The summed E-state index contributed by atoms with van der Waals surface area (Å²) in [5.74, 6) is -1.09. The first-order valence-electron chi connectivity index (χ1n) is 8.70. The van der Waals surface area contributed by atoms with Crippen molar-refractivity contribution in [3.8, 4) is 6.07 Å². The number of hydrogen-bond acceptors (Lipinski definition) is 1. The van der Waals surface area contributed by atoms with Gasteiger partial charge < -0.3 is 0 Å². The fourth-order valence-electron chi connectivity index (χ4n) is 3.66. The Labute approximate surface area is 146 Å². The molecule has 0 amide bonds. The first-order chi connectivity index (χ1) is 12.0. The number of hydrogen-bond donors (Lipinski definition) is 0. The number of aryl methyl sites for hydroxylation is 1. The van der Waals surface area contributed by atoms with Gasteiger partial charge >= 0.3 is 0 Å². The molecular formula is C21H20F3N. The van der Waals surface area contributed by atoms with Gasteiger partial charge in [0, 0.05) is 5.56 Å². The average Bonchev–Trinajstić information content (AvgIpc) is 2.61. The van der Waals surface area contributed by atoms with E-state index in [0.717, 1.165) is 12.0 Å².